The molecule has 2 aromatic carbocycles. The normalized spacial score (nSPS) is 14.5. The summed E-state index contributed by atoms with van der Waals surface area (Å²) in [5.74, 6) is -0.324. The first kappa shape index (κ1) is 26.0. The zero-order valence-corrected chi connectivity index (χ0v) is 21.0. The van der Waals surface area contributed by atoms with Gasteiger partial charge in [0.25, 0.3) is 0 Å². The Hall–Kier alpha value is -2.62. The van der Waals surface area contributed by atoms with Gasteiger partial charge in [0.2, 0.25) is 15.9 Å². The minimum atomic E-state index is -3.94. The number of anilines is 1. The summed E-state index contributed by atoms with van der Waals surface area (Å²) in [6.07, 6.45) is 1.47. The number of likely N-dealkylation sites (N-methyl/N-ethyl adjacent to an activating group) is 1. The molecule has 1 N–H and O–H groups in total. The van der Waals surface area contributed by atoms with Crippen LogP contribution in [0.25, 0.3) is 0 Å². The third-order valence-electron chi connectivity index (χ3n) is 5.65. The van der Waals surface area contributed by atoms with Crippen molar-refractivity contribution in [1.29, 1.82) is 0 Å². The minimum absolute atomic E-state index is 0.0198. The highest BCUT2D eigenvalue weighted by molar-refractivity contribution is 7.89. The molecule has 10 heteroatoms. The van der Waals surface area contributed by atoms with Crippen molar-refractivity contribution in [2.75, 3.05) is 31.6 Å². The zero-order chi connectivity index (χ0) is 24.9. The average Bonchev–Trinajstić information content (AvgIpc) is 3.61. The van der Waals surface area contributed by atoms with E-state index in [0.717, 1.165) is 22.7 Å². The van der Waals surface area contributed by atoms with Crippen molar-refractivity contribution in [2.24, 2.45) is 0 Å². The number of hydrogen-bond acceptors (Lipinski definition) is 6. The highest BCUT2D eigenvalue weighted by Gasteiger charge is 2.52. The Labute approximate surface area is 205 Å². The number of nitrogens with zero attached hydrogens (tertiary/aromatic N) is 1. The molecule has 184 valence electrons. The van der Waals surface area contributed by atoms with Crippen LogP contribution in [0.4, 0.5) is 5.69 Å². The second-order valence-electron chi connectivity index (χ2n) is 7.88. The molecule has 1 saturated carbocycles. The molecule has 1 aliphatic rings. The average molecular weight is 509 g/mol. The molecule has 0 radical (unpaired) electrons. The minimum Gasteiger partial charge on any atom is -0.492 e. The van der Waals surface area contributed by atoms with Gasteiger partial charge in [0.15, 0.2) is 0 Å². The van der Waals surface area contributed by atoms with Gasteiger partial charge in [-0.15, -0.1) is 0 Å². The lowest BCUT2D eigenvalue weighted by molar-refractivity contribution is -0.146. The van der Waals surface area contributed by atoms with E-state index in [-0.39, 0.29) is 29.0 Å². The van der Waals surface area contributed by atoms with E-state index in [1.807, 2.05) is 0 Å². The predicted molar refractivity (Wildman–Crippen MR) is 130 cm³/mol. The van der Waals surface area contributed by atoms with Crippen molar-refractivity contribution in [2.45, 2.75) is 43.9 Å². The summed E-state index contributed by atoms with van der Waals surface area (Å²) in [6.45, 7) is 5.69. The number of nitrogens with one attached hydrogen (secondary N) is 1. The van der Waals surface area contributed by atoms with Crippen molar-refractivity contribution in [3.63, 3.8) is 0 Å². The van der Waals surface area contributed by atoms with Crippen LogP contribution in [0.2, 0.25) is 5.02 Å². The Balaban J connectivity index is 1.67. The summed E-state index contributed by atoms with van der Waals surface area (Å²) in [7, 11) is -3.94. The molecule has 1 fully saturated rings. The van der Waals surface area contributed by atoms with Crippen molar-refractivity contribution in [1.82, 2.24) is 4.31 Å². The number of esters is 1. The SMILES string of the molecule is CCOC(=O)C1(c2ccc(NC(=O)CN(CC)S(=O)(=O)c3ccc(OCC)c(Cl)c3)cc2)CC1. The molecule has 0 bridgehead atoms. The number of carbonyl (C=O) groups excluding carboxylic acids is 2. The Morgan fingerprint density at radius 1 is 1.06 bits per heavy atom. The van der Waals surface area contributed by atoms with Gasteiger partial charge in [-0.3, -0.25) is 9.59 Å². The summed E-state index contributed by atoms with van der Waals surface area (Å²) in [6, 6.07) is 11.2. The lowest BCUT2D eigenvalue weighted by atomic mass is 9.96. The molecular weight excluding hydrogens is 480 g/mol. The molecule has 1 amide bonds. The van der Waals surface area contributed by atoms with Gasteiger partial charge in [-0.05, 0) is 62.6 Å². The van der Waals surface area contributed by atoms with Gasteiger partial charge in [-0.1, -0.05) is 30.7 Å². The fraction of sp³-hybridized carbons (Fsp3) is 0.417. The van der Waals surface area contributed by atoms with Crippen LogP contribution in [0.15, 0.2) is 47.4 Å². The molecule has 2 aromatic rings. The van der Waals surface area contributed by atoms with Gasteiger partial charge in [0.05, 0.1) is 35.1 Å². The maximum Gasteiger partial charge on any atom is 0.316 e. The van der Waals surface area contributed by atoms with Crippen LogP contribution < -0.4 is 10.1 Å². The first-order chi connectivity index (χ1) is 16.2. The molecule has 0 heterocycles. The number of carbonyl (C=O) groups is 2. The smallest absolute Gasteiger partial charge is 0.316 e. The molecule has 8 nitrogen and oxygen atoms in total. The predicted octanol–water partition coefficient (Wildman–Crippen LogP) is 3.98. The maximum absolute atomic E-state index is 13.1. The summed E-state index contributed by atoms with van der Waals surface area (Å²) < 4.78 is 37.7. The summed E-state index contributed by atoms with van der Waals surface area (Å²) >= 11 is 6.15. The van der Waals surface area contributed by atoms with E-state index in [0.29, 0.717) is 24.7 Å². The topological polar surface area (TPSA) is 102 Å². The van der Waals surface area contributed by atoms with E-state index in [9.17, 15) is 18.0 Å². The van der Waals surface area contributed by atoms with Crippen molar-refractivity contribution >= 4 is 39.2 Å². The molecule has 3 rings (SSSR count). The number of amides is 1. The van der Waals surface area contributed by atoms with Crippen LogP contribution >= 0.6 is 11.6 Å². The van der Waals surface area contributed by atoms with Crippen LogP contribution in [0.3, 0.4) is 0 Å². The number of halogens is 1. The van der Waals surface area contributed by atoms with E-state index >= 15 is 0 Å². The molecule has 34 heavy (non-hydrogen) atoms. The third kappa shape index (κ3) is 5.54. The van der Waals surface area contributed by atoms with E-state index in [4.69, 9.17) is 21.1 Å². The molecular formula is C24H29ClN2O6S. The molecule has 0 saturated heterocycles. The second kappa shape index (κ2) is 10.8. The fourth-order valence-electron chi connectivity index (χ4n) is 3.67. The van der Waals surface area contributed by atoms with Crippen molar-refractivity contribution in [3.8, 4) is 5.75 Å². The molecule has 0 aromatic heterocycles. The van der Waals surface area contributed by atoms with Gasteiger partial charge in [0.1, 0.15) is 5.75 Å². The Bertz CT molecular complexity index is 1150. The van der Waals surface area contributed by atoms with Gasteiger partial charge in [-0.2, -0.15) is 4.31 Å². The Morgan fingerprint density at radius 3 is 2.26 bits per heavy atom. The summed E-state index contributed by atoms with van der Waals surface area (Å²) in [5.41, 5.74) is 0.755. The molecule has 0 spiro atoms. The quantitative estimate of drug-likeness (QED) is 0.460. The Kier molecular flexibility index (Phi) is 8.22. The van der Waals surface area contributed by atoms with Crippen molar-refractivity contribution in [3.05, 3.63) is 53.1 Å². The monoisotopic (exact) mass is 508 g/mol. The lowest BCUT2D eigenvalue weighted by Gasteiger charge is -2.21. The van der Waals surface area contributed by atoms with Crippen LogP contribution in [-0.2, 0) is 29.8 Å². The molecule has 0 aliphatic heterocycles. The Morgan fingerprint density at radius 2 is 1.74 bits per heavy atom. The number of ether oxygens (including phenoxy) is 2. The first-order valence-corrected chi connectivity index (χ1v) is 13.0. The number of rotatable bonds is 11. The van der Waals surface area contributed by atoms with E-state index < -0.39 is 21.3 Å². The molecule has 0 unspecified atom stereocenters. The second-order valence-corrected chi connectivity index (χ2v) is 10.2. The largest absolute Gasteiger partial charge is 0.492 e. The first-order valence-electron chi connectivity index (χ1n) is 11.2. The van der Waals surface area contributed by atoms with Gasteiger partial charge in [0, 0.05) is 12.2 Å². The molecule has 0 atom stereocenters. The van der Waals surface area contributed by atoms with Crippen molar-refractivity contribution < 1.29 is 27.5 Å². The number of sulfonamides is 1. The van der Waals surface area contributed by atoms with E-state index in [1.54, 1.807) is 45.0 Å². The number of hydrogen-bond donors (Lipinski definition) is 1. The van der Waals surface area contributed by atoms with Gasteiger partial charge >= 0.3 is 5.97 Å². The maximum atomic E-state index is 13.1. The highest BCUT2D eigenvalue weighted by Crippen LogP contribution is 2.49. The fourth-order valence-corrected chi connectivity index (χ4v) is 5.40. The van der Waals surface area contributed by atoms with Crippen LogP contribution in [-0.4, -0.2) is 50.9 Å². The lowest BCUT2D eigenvalue weighted by Crippen LogP contribution is -2.37. The zero-order valence-electron chi connectivity index (χ0n) is 19.5. The summed E-state index contributed by atoms with van der Waals surface area (Å²) in [4.78, 5) is 24.9. The molecule has 1 aliphatic carbocycles. The van der Waals surface area contributed by atoms with Crippen LogP contribution in [0, 0.1) is 0 Å². The highest BCUT2D eigenvalue weighted by atomic mass is 35.5. The number of benzene rings is 2. The van der Waals surface area contributed by atoms with Crippen LogP contribution in [0.1, 0.15) is 39.2 Å². The third-order valence-corrected chi connectivity index (χ3v) is 7.86. The van der Waals surface area contributed by atoms with Crippen LogP contribution in [0.5, 0.6) is 5.75 Å². The van der Waals surface area contributed by atoms with Gasteiger partial charge < -0.3 is 14.8 Å². The van der Waals surface area contributed by atoms with E-state index in [2.05, 4.69) is 5.32 Å². The van der Waals surface area contributed by atoms with Gasteiger partial charge in [-0.25, -0.2) is 8.42 Å². The van der Waals surface area contributed by atoms with E-state index in [1.165, 1.54) is 18.2 Å². The standard InChI is InChI=1S/C24H29ClN2O6S/c1-4-27(34(30,31)19-11-12-21(32-5-2)20(25)15-19)16-22(28)26-18-9-7-17(8-10-18)24(13-14-24)23(29)33-6-3/h7-12,15H,4-6,13-14,16H2,1-3H3,(H,26,28). The summed E-state index contributed by atoms with van der Waals surface area (Å²) in [5, 5.41) is 2.89.